The second-order valence-electron chi connectivity index (χ2n) is 4.30. The van der Waals surface area contributed by atoms with Gasteiger partial charge in [-0.15, -0.1) is 0 Å². The van der Waals surface area contributed by atoms with Crippen LogP contribution >= 0.6 is 27.5 Å². The van der Waals surface area contributed by atoms with Crippen molar-refractivity contribution in [2.24, 2.45) is 0 Å². The summed E-state index contributed by atoms with van der Waals surface area (Å²) in [4.78, 5) is 12.3. The highest BCUT2D eigenvalue weighted by atomic mass is 79.9. The van der Waals surface area contributed by atoms with E-state index >= 15 is 0 Å². The fourth-order valence-corrected chi connectivity index (χ4v) is 2.24. The minimum atomic E-state index is -0.439. The van der Waals surface area contributed by atoms with Crippen molar-refractivity contribution in [3.05, 3.63) is 57.3 Å². The maximum atomic E-state index is 13.5. The largest absolute Gasteiger partial charge is 0.385 e. The minimum absolute atomic E-state index is 0.344. The monoisotopic (exact) mass is 370 g/mol. The lowest BCUT2D eigenvalue weighted by molar-refractivity contribution is 0.102. The second kappa shape index (κ2) is 6.91. The molecule has 110 valence electrons. The SMILES string of the molecule is CCNc1ccc(Cl)cc1C(=O)Nc1ccc(Br)c(F)c1. The quantitative estimate of drug-likeness (QED) is 0.800. The Bertz CT molecular complexity index is 679. The van der Waals surface area contributed by atoms with Crippen molar-refractivity contribution >= 4 is 44.8 Å². The zero-order valence-corrected chi connectivity index (χ0v) is 13.6. The van der Waals surface area contributed by atoms with Crippen molar-refractivity contribution in [3.63, 3.8) is 0 Å². The molecule has 0 bridgehead atoms. The number of carbonyl (C=O) groups is 1. The van der Waals surface area contributed by atoms with Crippen LogP contribution in [0.3, 0.4) is 0 Å². The Morgan fingerprint density at radius 3 is 2.71 bits per heavy atom. The first kappa shape index (κ1) is 15.8. The molecule has 0 radical (unpaired) electrons. The molecular formula is C15H13BrClFN2O. The molecule has 0 atom stereocenters. The van der Waals surface area contributed by atoms with Crippen LogP contribution in [0.2, 0.25) is 5.02 Å². The molecule has 0 fully saturated rings. The normalized spacial score (nSPS) is 10.3. The number of hydrogen-bond acceptors (Lipinski definition) is 2. The first-order chi connectivity index (χ1) is 10.0. The fraction of sp³-hybridized carbons (Fsp3) is 0.133. The van der Waals surface area contributed by atoms with Gasteiger partial charge in [-0.3, -0.25) is 4.79 Å². The van der Waals surface area contributed by atoms with Crippen LogP contribution in [0.25, 0.3) is 0 Å². The van der Waals surface area contributed by atoms with E-state index in [1.165, 1.54) is 12.1 Å². The predicted octanol–water partition coefficient (Wildman–Crippen LogP) is 4.93. The summed E-state index contributed by atoms with van der Waals surface area (Å²) in [5.74, 6) is -0.791. The first-order valence-electron chi connectivity index (χ1n) is 6.31. The Labute approximate surface area is 135 Å². The van der Waals surface area contributed by atoms with E-state index in [-0.39, 0.29) is 5.91 Å². The summed E-state index contributed by atoms with van der Waals surface area (Å²) in [6.45, 7) is 2.61. The average molecular weight is 372 g/mol. The van der Waals surface area contributed by atoms with Gasteiger partial charge in [0, 0.05) is 22.9 Å². The topological polar surface area (TPSA) is 41.1 Å². The van der Waals surface area contributed by atoms with Crippen LogP contribution in [-0.4, -0.2) is 12.5 Å². The van der Waals surface area contributed by atoms with E-state index in [2.05, 4.69) is 26.6 Å². The van der Waals surface area contributed by atoms with Crippen LogP contribution in [-0.2, 0) is 0 Å². The third-order valence-electron chi connectivity index (χ3n) is 2.77. The van der Waals surface area contributed by atoms with Gasteiger partial charge in [-0.2, -0.15) is 0 Å². The number of rotatable bonds is 4. The van der Waals surface area contributed by atoms with Gasteiger partial charge in [0.2, 0.25) is 0 Å². The third-order valence-corrected chi connectivity index (χ3v) is 3.65. The molecule has 0 unspecified atom stereocenters. The maximum Gasteiger partial charge on any atom is 0.257 e. The molecule has 2 N–H and O–H groups in total. The molecule has 0 aliphatic heterocycles. The third kappa shape index (κ3) is 3.95. The van der Waals surface area contributed by atoms with E-state index in [0.29, 0.717) is 33.0 Å². The standard InChI is InChI=1S/C15H13BrClFN2O/c1-2-19-14-6-3-9(17)7-11(14)15(21)20-10-4-5-12(16)13(18)8-10/h3-8,19H,2H2,1H3,(H,20,21). The molecule has 21 heavy (non-hydrogen) atoms. The molecule has 0 aliphatic carbocycles. The van der Waals surface area contributed by atoms with Gasteiger partial charge in [-0.25, -0.2) is 4.39 Å². The maximum absolute atomic E-state index is 13.5. The molecular weight excluding hydrogens is 359 g/mol. The highest BCUT2D eigenvalue weighted by molar-refractivity contribution is 9.10. The summed E-state index contributed by atoms with van der Waals surface area (Å²) in [6.07, 6.45) is 0. The predicted molar refractivity (Wildman–Crippen MR) is 87.7 cm³/mol. The van der Waals surface area contributed by atoms with Crippen molar-refractivity contribution in [1.82, 2.24) is 0 Å². The molecule has 6 heteroatoms. The van der Waals surface area contributed by atoms with Gasteiger partial charge in [-0.05, 0) is 59.3 Å². The fourth-order valence-electron chi connectivity index (χ4n) is 1.82. The minimum Gasteiger partial charge on any atom is -0.385 e. The molecule has 0 saturated heterocycles. The number of benzene rings is 2. The zero-order chi connectivity index (χ0) is 15.4. The summed E-state index contributed by atoms with van der Waals surface area (Å²) in [5.41, 5.74) is 1.47. The molecule has 0 aliphatic rings. The highest BCUT2D eigenvalue weighted by Crippen LogP contribution is 2.23. The van der Waals surface area contributed by atoms with Gasteiger partial charge < -0.3 is 10.6 Å². The molecule has 0 aromatic heterocycles. The van der Waals surface area contributed by atoms with Crippen LogP contribution in [0.1, 0.15) is 17.3 Å². The summed E-state index contributed by atoms with van der Waals surface area (Å²) in [6, 6.07) is 9.42. The number of amides is 1. The molecule has 2 aromatic carbocycles. The van der Waals surface area contributed by atoms with Gasteiger partial charge in [0.1, 0.15) is 5.82 Å². The zero-order valence-electron chi connectivity index (χ0n) is 11.2. The molecule has 0 heterocycles. The Balaban J connectivity index is 2.27. The van der Waals surface area contributed by atoms with E-state index in [1.807, 2.05) is 6.92 Å². The van der Waals surface area contributed by atoms with E-state index in [0.717, 1.165) is 0 Å². The summed E-state index contributed by atoms with van der Waals surface area (Å²) in [5, 5.41) is 6.21. The van der Waals surface area contributed by atoms with Crippen molar-refractivity contribution in [2.45, 2.75) is 6.92 Å². The van der Waals surface area contributed by atoms with Gasteiger partial charge in [0.25, 0.3) is 5.91 Å². The number of halogens is 3. The van der Waals surface area contributed by atoms with E-state index < -0.39 is 5.82 Å². The van der Waals surface area contributed by atoms with Crippen molar-refractivity contribution in [3.8, 4) is 0 Å². The van der Waals surface area contributed by atoms with Crippen LogP contribution < -0.4 is 10.6 Å². The van der Waals surface area contributed by atoms with Gasteiger partial charge in [0.15, 0.2) is 0 Å². The second-order valence-corrected chi connectivity index (χ2v) is 5.59. The highest BCUT2D eigenvalue weighted by Gasteiger charge is 2.13. The molecule has 1 amide bonds. The lowest BCUT2D eigenvalue weighted by Gasteiger charge is -2.12. The lowest BCUT2D eigenvalue weighted by atomic mass is 10.1. The van der Waals surface area contributed by atoms with E-state index in [4.69, 9.17) is 11.6 Å². The average Bonchev–Trinajstić information content (AvgIpc) is 2.45. The number of hydrogen-bond donors (Lipinski definition) is 2. The summed E-state index contributed by atoms with van der Waals surface area (Å²) >= 11 is 9.00. The van der Waals surface area contributed by atoms with Gasteiger partial charge in [-0.1, -0.05) is 11.6 Å². The molecule has 0 spiro atoms. The Kier molecular flexibility index (Phi) is 5.20. The van der Waals surface area contributed by atoms with E-state index in [9.17, 15) is 9.18 Å². The van der Waals surface area contributed by atoms with Crippen molar-refractivity contribution < 1.29 is 9.18 Å². The van der Waals surface area contributed by atoms with Crippen molar-refractivity contribution in [1.29, 1.82) is 0 Å². The Morgan fingerprint density at radius 1 is 1.29 bits per heavy atom. The summed E-state index contributed by atoms with van der Waals surface area (Å²) < 4.78 is 13.8. The first-order valence-corrected chi connectivity index (χ1v) is 7.48. The van der Waals surface area contributed by atoms with Gasteiger partial charge >= 0.3 is 0 Å². The van der Waals surface area contributed by atoms with Crippen LogP contribution in [0.5, 0.6) is 0 Å². The Hall–Kier alpha value is -1.59. The molecule has 2 rings (SSSR count). The number of carbonyl (C=O) groups excluding carboxylic acids is 1. The number of anilines is 2. The Morgan fingerprint density at radius 2 is 2.05 bits per heavy atom. The summed E-state index contributed by atoms with van der Waals surface area (Å²) in [7, 11) is 0. The number of nitrogens with one attached hydrogen (secondary N) is 2. The smallest absolute Gasteiger partial charge is 0.257 e. The van der Waals surface area contributed by atoms with Gasteiger partial charge in [0.05, 0.1) is 10.0 Å². The molecule has 2 aromatic rings. The van der Waals surface area contributed by atoms with Crippen LogP contribution in [0.4, 0.5) is 15.8 Å². The van der Waals surface area contributed by atoms with E-state index in [1.54, 1.807) is 24.3 Å². The van der Waals surface area contributed by atoms with Crippen LogP contribution in [0, 0.1) is 5.82 Å². The van der Waals surface area contributed by atoms with Crippen LogP contribution in [0.15, 0.2) is 40.9 Å². The van der Waals surface area contributed by atoms with Crippen molar-refractivity contribution in [2.75, 3.05) is 17.2 Å². The molecule has 3 nitrogen and oxygen atoms in total. The lowest BCUT2D eigenvalue weighted by Crippen LogP contribution is -2.15. The molecule has 0 saturated carbocycles.